The van der Waals surface area contributed by atoms with Gasteiger partial charge in [-0.05, 0) is 66.4 Å². The van der Waals surface area contributed by atoms with Crippen molar-refractivity contribution in [1.82, 2.24) is 4.98 Å². The van der Waals surface area contributed by atoms with Crippen molar-refractivity contribution in [2.75, 3.05) is 5.32 Å². The van der Waals surface area contributed by atoms with E-state index in [1.54, 1.807) is 30.6 Å². The Kier molecular flexibility index (Phi) is 4.57. The monoisotopic (exact) mass is 318 g/mol. The lowest BCUT2D eigenvalue weighted by Gasteiger charge is -2.08. The molecule has 0 saturated carbocycles. The van der Waals surface area contributed by atoms with Crippen LogP contribution in [-0.2, 0) is 6.42 Å². The second kappa shape index (κ2) is 6.96. The summed E-state index contributed by atoms with van der Waals surface area (Å²) in [7, 11) is 0. The predicted molar refractivity (Wildman–Crippen MR) is 94.3 cm³/mol. The number of phenolic OH excluding ortho intramolecular Hbond substituents is 1. The van der Waals surface area contributed by atoms with Crippen molar-refractivity contribution in [3.05, 3.63) is 89.2 Å². The van der Waals surface area contributed by atoms with Gasteiger partial charge in [-0.3, -0.25) is 9.78 Å². The van der Waals surface area contributed by atoms with Crippen molar-refractivity contribution in [2.24, 2.45) is 0 Å². The van der Waals surface area contributed by atoms with E-state index in [0.717, 1.165) is 17.5 Å². The summed E-state index contributed by atoms with van der Waals surface area (Å²) in [4.78, 5) is 16.3. The van der Waals surface area contributed by atoms with Gasteiger partial charge < -0.3 is 10.4 Å². The summed E-state index contributed by atoms with van der Waals surface area (Å²) in [5.74, 6) is -0.337. The van der Waals surface area contributed by atoms with Gasteiger partial charge >= 0.3 is 0 Å². The van der Waals surface area contributed by atoms with E-state index in [0.29, 0.717) is 5.69 Å². The number of rotatable bonds is 4. The maximum absolute atomic E-state index is 12.2. The molecule has 0 unspecified atom stereocenters. The Bertz CT molecular complexity index is 843. The number of carbonyl (C=O) groups excluding carboxylic acids is 1. The molecule has 0 fully saturated rings. The van der Waals surface area contributed by atoms with E-state index < -0.39 is 0 Å². The first-order valence-corrected chi connectivity index (χ1v) is 7.70. The lowest BCUT2D eigenvalue weighted by molar-refractivity contribution is 0.102. The zero-order valence-corrected chi connectivity index (χ0v) is 13.4. The molecule has 120 valence electrons. The van der Waals surface area contributed by atoms with Gasteiger partial charge in [-0.1, -0.05) is 18.2 Å². The molecule has 1 heterocycles. The number of aromatic nitrogens is 1. The zero-order valence-electron chi connectivity index (χ0n) is 13.4. The van der Waals surface area contributed by atoms with E-state index in [-0.39, 0.29) is 17.2 Å². The maximum Gasteiger partial charge on any atom is 0.259 e. The molecule has 0 radical (unpaired) electrons. The van der Waals surface area contributed by atoms with Crippen LogP contribution in [0.5, 0.6) is 5.75 Å². The molecule has 24 heavy (non-hydrogen) atoms. The molecule has 3 rings (SSSR count). The minimum Gasteiger partial charge on any atom is -0.507 e. The summed E-state index contributed by atoms with van der Waals surface area (Å²) in [5, 5.41) is 12.7. The van der Waals surface area contributed by atoms with Gasteiger partial charge in [0, 0.05) is 18.1 Å². The molecule has 0 bridgehead atoms. The number of hydrogen-bond acceptors (Lipinski definition) is 3. The molecule has 0 saturated heterocycles. The van der Waals surface area contributed by atoms with Crippen molar-refractivity contribution < 1.29 is 9.90 Å². The minimum absolute atomic E-state index is 0.0122. The number of nitrogens with one attached hydrogen (secondary N) is 1. The first kappa shape index (κ1) is 15.7. The van der Waals surface area contributed by atoms with Crippen LogP contribution in [0.4, 0.5) is 5.69 Å². The van der Waals surface area contributed by atoms with Crippen LogP contribution >= 0.6 is 0 Å². The largest absolute Gasteiger partial charge is 0.507 e. The maximum atomic E-state index is 12.2. The molecule has 0 aliphatic carbocycles. The Morgan fingerprint density at radius 1 is 1.00 bits per heavy atom. The lowest BCUT2D eigenvalue weighted by Crippen LogP contribution is -2.12. The molecule has 4 nitrogen and oxygen atoms in total. The highest BCUT2D eigenvalue weighted by molar-refractivity contribution is 6.06. The van der Waals surface area contributed by atoms with Gasteiger partial charge in [0.1, 0.15) is 5.75 Å². The first-order valence-electron chi connectivity index (χ1n) is 7.70. The summed E-state index contributed by atoms with van der Waals surface area (Å²) in [6.45, 7) is 1.86. The molecule has 0 aliphatic rings. The topological polar surface area (TPSA) is 62.2 Å². The summed E-state index contributed by atoms with van der Waals surface area (Å²) >= 11 is 0. The number of nitrogens with zero attached hydrogens (tertiary/aromatic N) is 1. The van der Waals surface area contributed by atoms with Gasteiger partial charge in [0.15, 0.2) is 0 Å². The van der Waals surface area contributed by atoms with E-state index in [4.69, 9.17) is 0 Å². The lowest BCUT2D eigenvalue weighted by atomic mass is 10.1. The van der Waals surface area contributed by atoms with Crippen LogP contribution in [0.1, 0.15) is 27.0 Å². The summed E-state index contributed by atoms with van der Waals surface area (Å²) in [6, 6.07) is 16.6. The van der Waals surface area contributed by atoms with Crippen LogP contribution in [0.25, 0.3) is 0 Å². The van der Waals surface area contributed by atoms with Crippen LogP contribution in [0.15, 0.2) is 67.0 Å². The summed E-state index contributed by atoms with van der Waals surface area (Å²) in [6.07, 6.45) is 4.37. The molecule has 4 heteroatoms. The number of aromatic hydroxyl groups is 1. The van der Waals surface area contributed by atoms with Gasteiger partial charge in [-0.15, -0.1) is 0 Å². The van der Waals surface area contributed by atoms with Gasteiger partial charge in [-0.2, -0.15) is 0 Å². The molecule has 2 aromatic carbocycles. The van der Waals surface area contributed by atoms with E-state index >= 15 is 0 Å². The first-order chi connectivity index (χ1) is 11.6. The highest BCUT2D eigenvalue weighted by Gasteiger charge is 2.11. The average molecular weight is 318 g/mol. The van der Waals surface area contributed by atoms with Crippen molar-refractivity contribution in [2.45, 2.75) is 13.3 Å². The van der Waals surface area contributed by atoms with E-state index in [1.807, 2.05) is 43.3 Å². The molecular formula is C20H18N2O2. The van der Waals surface area contributed by atoms with Crippen molar-refractivity contribution in [3.63, 3.8) is 0 Å². The normalized spacial score (nSPS) is 10.4. The van der Waals surface area contributed by atoms with Gasteiger partial charge in [0.05, 0.1) is 5.56 Å². The Labute approximate surface area is 140 Å². The second-order valence-electron chi connectivity index (χ2n) is 5.70. The predicted octanol–water partition coefficient (Wildman–Crippen LogP) is 3.94. The quantitative estimate of drug-likeness (QED) is 0.766. The molecule has 0 spiro atoms. The third-order valence-corrected chi connectivity index (χ3v) is 3.77. The van der Waals surface area contributed by atoms with Crippen LogP contribution in [0.3, 0.4) is 0 Å². The fraction of sp³-hybridized carbons (Fsp3) is 0.100. The average Bonchev–Trinajstić information content (AvgIpc) is 2.57. The highest BCUT2D eigenvalue weighted by Crippen LogP contribution is 2.20. The second-order valence-corrected chi connectivity index (χ2v) is 5.70. The number of hydrogen-bond donors (Lipinski definition) is 2. The van der Waals surface area contributed by atoms with Crippen LogP contribution in [-0.4, -0.2) is 16.0 Å². The van der Waals surface area contributed by atoms with Crippen molar-refractivity contribution >= 4 is 11.6 Å². The fourth-order valence-electron chi connectivity index (χ4n) is 2.47. The number of aryl methyl sites for hydroxylation is 1. The van der Waals surface area contributed by atoms with Crippen LogP contribution < -0.4 is 5.32 Å². The third-order valence-electron chi connectivity index (χ3n) is 3.77. The van der Waals surface area contributed by atoms with E-state index in [2.05, 4.69) is 10.3 Å². The molecule has 0 aliphatic heterocycles. The van der Waals surface area contributed by atoms with Crippen molar-refractivity contribution in [1.29, 1.82) is 0 Å². The molecule has 1 aromatic heterocycles. The standard InChI is InChI=1S/C20H18N2O2/c1-14-2-7-18(19(23)12-14)20(24)22-17-5-3-15(4-6-17)13-16-8-10-21-11-9-16/h2-12,23H,13H2,1H3,(H,22,24). The zero-order chi connectivity index (χ0) is 16.9. The number of anilines is 1. The molecule has 0 atom stereocenters. The molecule has 2 N–H and O–H groups in total. The number of amides is 1. The Hall–Kier alpha value is -3.14. The molecule has 3 aromatic rings. The fourth-order valence-corrected chi connectivity index (χ4v) is 2.47. The minimum atomic E-state index is -0.325. The van der Waals surface area contributed by atoms with E-state index in [9.17, 15) is 9.90 Å². The van der Waals surface area contributed by atoms with Gasteiger partial charge in [-0.25, -0.2) is 0 Å². The highest BCUT2D eigenvalue weighted by atomic mass is 16.3. The van der Waals surface area contributed by atoms with Crippen LogP contribution in [0.2, 0.25) is 0 Å². The number of pyridine rings is 1. The number of phenols is 1. The van der Waals surface area contributed by atoms with Crippen LogP contribution in [0, 0.1) is 6.92 Å². The number of benzene rings is 2. The Morgan fingerprint density at radius 3 is 2.33 bits per heavy atom. The number of carbonyl (C=O) groups is 1. The SMILES string of the molecule is Cc1ccc(C(=O)Nc2ccc(Cc3ccncc3)cc2)c(O)c1. The van der Waals surface area contributed by atoms with E-state index in [1.165, 1.54) is 5.56 Å². The molecular weight excluding hydrogens is 300 g/mol. The van der Waals surface area contributed by atoms with Crippen molar-refractivity contribution in [3.8, 4) is 5.75 Å². The summed E-state index contributed by atoms with van der Waals surface area (Å²) in [5.41, 5.74) is 4.20. The Morgan fingerprint density at radius 2 is 1.67 bits per heavy atom. The Balaban J connectivity index is 1.68. The van der Waals surface area contributed by atoms with Gasteiger partial charge in [0.2, 0.25) is 0 Å². The smallest absolute Gasteiger partial charge is 0.259 e. The van der Waals surface area contributed by atoms with Gasteiger partial charge in [0.25, 0.3) is 5.91 Å². The third kappa shape index (κ3) is 3.79. The summed E-state index contributed by atoms with van der Waals surface area (Å²) < 4.78 is 0. The molecule has 1 amide bonds.